The van der Waals surface area contributed by atoms with Crippen LogP contribution in [0.15, 0.2) is 68.4 Å². The maximum absolute atomic E-state index is 13.1. The van der Waals surface area contributed by atoms with Crippen LogP contribution in [0.5, 0.6) is 17.2 Å². The highest BCUT2D eigenvalue weighted by molar-refractivity contribution is 9.10. The summed E-state index contributed by atoms with van der Waals surface area (Å²) in [6.45, 7) is -0.433. The molecule has 1 aliphatic heterocycles. The van der Waals surface area contributed by atoms with Gasteiger partial charge in [0, 0.05) is 8.95 Å². The molecule has 42 heavy (non-hydrogen) atoms. The van der Waals surface area contributed by atoms with E-state index in [0.717, 1.165) is 22.2 Å². The van der Waals surface area contributed by atoms with Crippen molar-refractivity contribution >= 4 is 72.4 Å². The lowest BCUT2D eigenvalue weighted by Gasteiger charge is -2.16. The van der Waals surface area contributed by atoms with Gasteiger partial charge in [0.05, 0.1) is 30.4 Å². The van der Waals surface area contributed by atoms with Crippen LogP contribution in [0.4, 0.5) is 23.7 Å². The number of amides is 3. The number of hydrogen-bond donors (Lipinski definition) is 1. The highest BCUT2D eigenvalue weighted by atomic mass is 79.9. The number of nitrogens with zero attached hydrogens (tertiary/aromatic N) is 1. The largest absolute Gasteiger partial charge is 0.495 e. The number of methoxy groups -OCH3 is 2. The maximum atomic E-state index is 13.1. The highest BCUT2D eigenvalue weighted by Crippen LogP contribution is 2.39. The summed E-state index contributed by atoms with van der Waals surface area (Å²) in [6, 6.07) is 13.5. The molecule has 1 saturated heterocycles. The monoisotopic (exact) mass is 728 g/mol. The second-order valence-corrected chi connectivity index (χ2v) is 11.4. The van der Waals surface area contributed by atoms with Gasteiger partial charge in [0.1, 0.15) is 18.9 Å². The van der Waals surface area contributed by atoms with E-state index in [1.165, 1.54) is 20.3 Å². The third-order valence-electron chi connectivity index (χ3n) is 5.85. The third kappa shape index (κ3) is 7.47. The molecule has 0 bridgehead atoms. The van der Waals surface area contributed by atoms with Crippen LogP contribution in [0.25, 0.3) is 6.08 Å². The first kappa shape index (κ1) is 31.4. The molecule has 1 N–H and O–H groups in total. The van der Waals surface area contributed by atoms with E-state index in [1.54, 1.807) is 12.1 Å². The number of ether oxygens (including phenoxy) is 3. The van der Waals surface area contributed by atoms with Crippen LogP contribution in [0.3, 0.4) is 0 Å². The number of imide groups is 1. The smallest absolute Gasteiger partial charge is 0.416 e. The van der Waals surface area contributed by atoms with Gasteiger partial charge in [0.2, 0.25) is 5.91 Å². The van der Waals surface area contributed by atoms with E-state index < -0.39 is 35.3 Å². The quantitative estimate of drug-likeness (QED) is 0.228. The number of rotatable bonds is 9. The van der Waals surface area contributed by atoms with E-state index in [-0.39, 0.29) is 22.9 Å². The molecule has 0 spiro atoms. The molecule has 0 saturated carbocycles. The summed E-state index contributed by atoms with van der Waals surface area (Å²) >= 11 is 7.46. The van der Waals surface area contributed by atoms with E-state index in [9.17, 15) is 27.6 Å². The molecule has 0 aliphatic carbocycles. The fourth-order valence-corrected chi connectivity index (χ4v) is 5.30. The number of carbonyl (C=O) groups excluding carboxylic acids is 3. The fourth-order valence-electron chi connectivity index (χ4n) is 3.77. The molecule has 1 aliphatic rings. The van der Waals surface area contributed by atoms with Crippen molar-refractivity contribution in [2.24, 2.45) is 0 Å². The summed E-state index contributed by atoms with van der Waals surface area (Å²) in [5.41, 5.74) is 0.188. The van der Waals surface area contributed by atoms with Crippen LogP contribution in [0, 0.1) is 0 Å². The van der Waals surface area contributed by atoms with Crippen LogP contribution in [-0.2, 0) is 22.4 Å². The van der Waals surface area contributed by atoms with E-state index in [2.05, 4.69) is 37.2 Å². The number of halogens is 5. The fraction of sp³-hybridized carbons (Fsp3) is 0.179. The van der Waals surface area contributed by atoms with Gasteiger partial charge < -0.3 is 19.5 Å². The Morgan fingerprint density at radius 2 is 1.67 bits per heavy atom. The predicted octanol–water partition coefficient (Wildman–Crippen LogP) is 7.50. The van der Waals surface area contributed by atoms with Gasteiger partial charge in [-0.15, -0.1) is 0 Å². The molecule has 0 atom stereocenters. The highest BCUT2D eigenvalue weighted by Gasteiger charge is 2.37. The number of thioether (sulfide) groups is 1. The molecular weight excluding hydrogens is 709 g/mol. The van der Waals surface area contributed by atoms with Crippen LogP contribution in [0.2, 0.25) is 0 Å². The van der Waals surface area contributed by atoms with Gasteiger partial charge in [-0.1, -0.05) is 44.0 Å². The Labute approximate surface area is 259 Å². The Balaban J connectivity index is 1.48. The Bertz CT molecular complexity index is 1560. The predicted molar refractivity (Wildman–Crippen MR) is 158 cm³/mol. The number of benzene rings is 3. The molecular formula is C28H21Br2F3N2O6S. The van der Waals surface area contributed by atoms with Gasteiger partial charge in [0.25, 0.3) is 11.1 Å². The Morgan fingerprint density at radius 1 is 0.976 bits per heavy atom. The molecule has 3 aromatic carbocycles. The number of nitrogens with one attached hydrogen (secondary N) is 1. The van der Waals surface area contributed by atoms with Crippen molar-refractivity contribution in [1.82, 2.24) is 4.90 Å². The minimum atomic E-state index is -4.65. The molecule has 220 valence electrons. The van der Waals surface area contributed by atoms with Gasteiger partial charge in [-0.2, -0.15) is 13.2 Å². The molecule has 4 rings (SSSR count). The Hall–Kier alpha value is -3.49. The molecule has 0 aromatic heterocycles. The molecule has 1 fully saturated rings. The zero-order valence-corrected chi connectivity index (χ0v) is 25.9. The number of alkyl halides is 3. The number of carbonyl (C=O) groups is 3. The standard InChI is InChI=1S/C28H21Br2F3N2O6S/c1-39-21-8-5-17(28(31,32)33)11-20(21)34-25(36)13-35-26(37)24(42-27(35)38)10-16-9-22(40-2)23(12-19(16)30)41-14-15-3-6-18(29)7-4-15/h3-12H,13-14H2,1-2H3,(H,34,36)/b24-10-. The first-order chi connectivity index (χ1) is 19.9. The minimum absolute atomic E-state index is 0.0200. The van der Waals surface area contributed by atoms with E-state index in [0.29, 0.717) is 44.3 Å². The molecule has 14 heteroatoms. The zero-order valence-electron chi connectivity index (χ0n) is 21.9. The Morgan fingerprint density at radius 3 is 2.31 bits per heavy atom. The van der Waals surface area contributed by atoms with Crippen molar-refractivity contribution in [2.75, 3.05) is 26.1 Å². The summed E-state index contributed by atoms with van der Waals surface area (Å²) in [4.78, 5) is 39.0. The van der Waals surface area contributed by atoms with Crippen molar-refractivity contribution in [1.29, 1.82) is 0 Å². The lowest BCUT2D eigenvalue weighted by Crippen LogP contribution is -2.36. The molecule has 3 aromatic rings. The topological polar surface area (TPSA) is 94.2 Å². The van der Waals surface area contributed by atoms with Crippen molar-refractivity contribution in [3.05, 3.63) is 85.1 Å². The molecule has 0 unspecified atom stereocenters. The Kier molecular flexibility index (Phi) is 9.89. The van der Waals surface area contributed by atoms with E-state index in [1.807, 2.05) is 24.3 Å². The van der Waals surface area contributed by atoms with Gasteiger partial charge in [0.15, 0.2) is 11.5 Å². The zero-order chi connectivity index (χ0) is 30.6. The summed E-state index contributed by atoms with van der Waals surface area (Å²) in [5, 5.41) is 1.57. The molecule has 8 nitrogen and oxygen atoms in total. The van der Waals surface area contributed by atoms with E-state index >= 15 is 0 Å². The second kappa shape index (κ2) is 13.2. The van der Waals surface area contributed by atoms with Gasteiger partial charge in [-0.05, 0) is 71.4 Å². The van der Waals surface area contributed by atoms with Crippen LogP contribution < -0.4 is 19.5 Å². The van der Waals surface area contributed by atoms with Crippen LogP contribution in [-0.4, -0.2) is 42.7 Å². The lowest BCUT2D eigenvalue weighted by atomic mass is 10.1. The number of anilines is 1. The minimum Gasteiger partial charge on any atom is -0.495 e. The number of hydrogen-bond acceptors (Lipinski definition) is 7. The molecule has 3 amide bonds. The summed E-state index contributed by atoms with van der Waals surface area (Å²) in [6.07, 6.45) is -3.19. The third-order valence-corrected chi connectivity index (χ3v) is 7.98. The lowest BCUT2D eigenvalue weighted by molar-refractivity contribution is -0.137. The van der Waals surface area contributed by atoms with Crippen molar-refractivity contribution in [3.8, 4) is 17.2 Å². The summed E-state index contributed by atoms with van der Waals surface area (Å²) < 4.78 is 57.3. The van der Waals surface area contributed by atoms with Crippen LogP contribution in [0.1, 0.15) is 16.7 Å². The summed E-state index contributed by atoms with van der Waals surface area (Å²) in [5.74, 6) is -0.813. The van der Waals surface area contributed by atoms with Gasteiger partial charge in [-0.25, -0.2) is 0 Å². The molecule has 1 heterocycles. The SMILES string of the molecule is COc1ccc(C(F)(F)F)cc1NC(=O)CN1C(=O)S/C(=C\c2cc(OC)c(OCc3ccc(Br)cc3)cc2Br)C1=O. The van der Waals surface area contributed by atoms with Crippen LogP contribution >= 0.6 is 43.6 Å². The first-order valence-corrected chi connectivity index (χ1v) is 14.3. The van der Waals surface area contributed by atoms with E-state index in [4.69, 9.17) is 14.2 Å². The average Bonchev–Trinajstić information content (AvgIpc) is 3.20. The maximum Gasteiger partial charge on any atom is 0.416 e. The molecule has 0 radical (unpaired) electrons. The normalized spacial score (nSPS) is 14.4. The van der Waals surface area contributed by atoms with Crippen molar-refractivity contribution in [2.45, 2.75) is 12.8 Å². The second-order valence-electron chi connectivity index (χ2n) is 8.67. The van der Waals surface area contributed by atoms with Crippen molar-refractivity contribution in [3.63, 3.8) is 0 Å². The van der Waals surface area contributed by atoms with Gasteiger partial charge in [-0.3, -0.25) is 19.3 Å². The average molecular weight is 730 g/mol. The summed E-state index contributed by atoms with van der Waals surface area (Å²) in [7, 11) is 2.69. The van der Waals surface area contributed by atoms with Crippen molar-refractivity contribution < 1.29 is 41.8 Å². The van der Waals surface area contributed by atoms with Gasteiger partial charge >= 0.3 is 6.18 Å². The first-order valence-electron chi connectivity index (χ1n) is 11.9.